The van der Waals surface area contributed by atoms with Gasteiger partial charge in [-0.1, -0.05) is 41.9 Å². The average molecular weight is 257 g/mol. The zero-order valence-electron chi connectivity index (χ0n) is 9.01. The van der Waals surface area contributed by atoms with E-state index in [1.807, 2.05) is 0 Å². The summed E-state index contributed by atoms with van der Waals surface area (Å²) in [5, 5.41) is 1.01. The van der Waals surface area contributed by atoms with E-state index in [2.05, 4.69) is 48.0 Å². The number of ether oxygens (including phenoxy) is 1. The van der Waals surface area contributed by atoms with E-state index >= 15 is 0 Å². The van der Waals surface area contributed by atoms with Gasteiger partial charge in [-0.25, -0.2) is 0 Å². The minimum absolute atomic E-state index is 0.514. The van der Waals surface area contributed by atoms with Crippen molar-refractivity contribution in [1.29, 1.82) is 0 Å². The Morgan fingerprint density at radius 1 is 1.36 bits per heavy atom. The van der Waals surface area contributed by atoms with Crippen molar-refractivity contribution >= 4 is 15.9 Å². The second kappa shape index (κ2) is 5.40. The van der Waals surface area contributed by atoms with Gasteiger partial charge in [-0.15, -0.1) is 0 Å². The Bertz CT molecular complexity index is 294. The van der Waals surface area contributed by atoms with E-state index in [-0.39, 0.29) is 0 Å². The molecule has 0 aliphatic heterocycles. The molecular formula is C12H17BrO. The molecule has 78 valence electrons. The number of alkyl halides is 1. The van der Waals surface area contributed by atoms with Gasteiger partial charge in [0.05, 0.1) is 7.11 Å². The standard InChI is InChI=1S/C12H17BrO/c1-9(2)11-8-10(6-7-13)4-5-12(11)14-3/h4-5,8-9H,6-7H2,1-3H3. The number of benzene rings is 1. The Morgan fingerprint density at radius 2 is 2.07 bits per heavy atom. The molecule has 0 unspecified atom stereocenters. The molecule has 0 bridgehead atoms. The van der Waals surface area contributed by atoms with Crippen LogP contribution in [-0.2, 0) is 6.42 Å². The summed E-state index contributed by atoms with van der Waals surface area (Å²) in [4.78, 5) is 0. The highest BCUT2D eigenvalue weighted by molar-refractivity contribution is 9.09. The maximum absolute atomic E-state index is 5.33. The van der Waals surface area contributed by atoms with Crippen molar-refractivity contribution in [3.8, 4) is 5.75 Å². The molecule has 0 aromatic heterocycles. The van der Waals surface area contributed by atoms with Crippen LogP contribution in [-0.4, -0.2) is 12.4 Å². The minimum atomic E-state index is 0.514. The molecule has 1 rings (SSSR count). The summed E-state index contributed by atoms with van der Waals surface area (Å²) in [6, 6.07) is 6.43. The topological polar surface area (TPSA) is 9.23 Å². The highest BCUT2D eigenvalue weighted by atomic mass is 79.9. The fourth-order valence-corrected chi connectivity index (χ4v) is 1.96. The van der Waals surface area contributed by atoms with Gasteiger partial charge >= 0.3 is 0 Å². The lowest BCUT2D eigenvalue weighted by Crippen LogP contribution is -1.96. The molecule has 2 heteroatoms. The van der Waals surface area contributed by atoms with E-state index in [4.69, 9.17) is 4.74 Å². The number of rotatable bonds is 4. The van der Waals surface area contributed by atoms with Crippen molar-refractivity contribution in [3.05, 3.63) is 29.3 Å². The molecule has 1 aromatic carbocycles. The van der Waals surface area contributed by atoms with Gasteiger partial charge in [-0.3, -0.25) is 0 Å². The van der Waals surface area contributed by atoms with Crippen LogP contribution >= 0.6 is 15.9 Å². The minimum Gasteiger partial charge on any atom is -0.496 e. The smallest absolute Gasteiger partial charge is 0.122 e. The van der Waals surface area contributed by atoms with Gasteiger partial charge in [-0.05, 0) is 29.5 Å². The molecule has 0 aliphatic rings. The van der Waals surface area contributed by atoms with E-state index in [1.165, 1.54) is 11.1 Å². The highest BCUT2D eigenvalue weighted by Crippen LogP contribution is 2.27. The van der Waals surface area contributed by atoms with Gasteiger partial charge in [0.1, 0.15) is 5.75 Å². The second-order valence-electron chi connectivity index (χ2n) is 3.67. The molecule has 0 aliphatic carbocycles. The van der Waals surface area contributed by atoms with Gasteiger partial charge < -0.3 is 4.74 Å². The number of halogens is 1. The van der Waals surface area contributed by atoms with E-state index in [1.54, 1.807) is 7.11 Å². The van der Waals surface area contributed by atoms with Crippen LogP contribution in [0.15, 0.2) is 18.2 Å². The Kier molecular flexibility index (Phi) is 4.46. The Hall–Kier alpha value is -0.500. The zero-order chi connectivity index (χ0) is 10.6. The van der Waals surface area contributed by atoms with Crippen LogP contribution < -0.4 is 4.74 Å². The summed E-state index contributed by atoms with van der Waals surface area (Å²) < 4.78 is 5.33. The second-order valence-corrected chi connectivity index (χ2v) is 4.46. The number of hydrogen-bond donors (Lipinski definition) is 0. The molecule has 14 heavy (non-hydrogen) atoms. The Morgan fingerprint density at radius 3 is 2.57 bits per heavy atom. The lowest BCUT2D eigenvalue weighted by Gasteiger charge is -2.13. The summed E-state index contributed by atoms with van der Waals surface area (Å²) in [5.74, 6) is 1.51. The summed E-state index contributed by atoms with van der Waals surface area (Å²) in [7, 11) is 1.73. The van der Waals surface area contributed by atoms with Crippen LogP contribution in [0.4, 0.5) is 0 Å². The van der Waals surface area contributed by atoms with Crippen LogP contribution in [0.25, 0.3) is 0 Å². The van der Waals surface area contributed by atoms with Gasteiger partial charge in [0, 0.05) is 5.33 Å². The third-order valence-electron chi connectivity index (χ3n) is 2.30. The van der Waals surface area contributed by atoms with Gasteiger partial charge in [-0.2, -0.15) is 0 Å². The van der Waals surface area contributed by atoms with Gasteiger partial charge in [0.25, 0.3) is 0 Å². The number of aryl methyl sites for hydroxylation is 1. The van der Waals surface area contributed by atoms with E-state index < -0.39 is 0 Å². The summed E-state index contributed by atoms with van der Waals surface area (Å²) in [5.41, 5.74) is 2.66. The van der Waals surface area contributed by atoms with E-state index in [9.17, 15) is 0 Å². The molecule has 1 aromatic rings. The molecule has 0 heterocycles. The quantitative estimate of drug-likeness (QED) is 0.746. The third kappa shape index (κ3) is 2.74. The Balaban J connectivity index is 3.01. The lowest BCUT2D eigenvalue weighted by atomic mass is 9.99. The highest BCUT2D eigenvalue weighted by Gasteiger charge is 2.07. The first kappa shape index (κ1) is 11.6. The molecule has 0 spiro atoms. The molecule has 0 fully saturated rings. The largest absolute Gasteiger partial charge is 0.496 e. The Labute approximate surface area is 94.6 Å². The molecular weight excluding hydrogens is 240 g/mol. The molecule has 0 saturated heterocycles. The van der Waals surface area contributed by atoms with Gasteiger partial charge in [0.15, 0.2) is 0 Å². The van der Waals surface area contributed by atoms with Crippen LogP contribution in [0.3, 0.4) is 0 Å². The average Bonchev–Trinajstić information content (AvgIpc) is 2.18. The van der Waals surface area contributed by atoms with E-state index in [0.717, 1.165) is 17.5 Å². The lowest BCUT2D eigenvalue weighted by molar-refractivity contribution is 0.407. The third-order valence-corrected chi connectivity index (χ3v) is 2.70. The predicted octanol–water partition coefficient (Wildman–Crippen LogP) is 3.76. The molecule has 0 amide bonds. The predicted molar refractivity (Wildman–Crippen MR) is 64.6 cm³/mol. The molecule has 0 radical (unpaired) electrons. The van der Waals surface area contributed by atoms with Crippen LogP contribution in [0, 0.1) is 0 Å². The van der Waals surface area contributed by atoms with E-state index in [0.29, 0.717) is 5.92 Å². The van der Waals surface area contributed by atoms with Crippen molar-refractivity contribution in [2.24, 2.45) is 0 Å². The van der Waals surface area contributed by atoms with Crippen molar-refractivity contribution in [3.63, 3.8) is 0 Å². The summed E-state index contributed by atoms with van der Waals surface area (Å²) >= 11 is 3.45. The first-order valence-electron chi connectivity index (χ1n) is 4.91. The molecule has 0 atom stereocenters. The normalized spacial score (nSPS) is 10.6. The summed E-state index contributed by atoms with van der Waals surface area (Å²) in [6.07, 6.45) is 1.07. The van der Waals surface area contributed by atoms with Crippen molar-refractivity contribution in [2.45, 2.75) is 26.2 Å². The monoisotopic (exact) mass is 256 g/mol. The maximum atomic E-state index is 5.33. The fraction of sp³-hybridized carbons (Fsp3) is 0.500. The number of methoxy groups -OCH3 is 1. The zero-order valence-corrected chi connectivity index (χ0v) is 10.6. The summed E-state index contributed by atoms with van der Waals surface area (Å²) in [6.45, 7) is 4.38. The molecule has 0 saturated carbocycles. The van der Waals surface area contributed by atoms with Crippen molar-refractivity contribution in [1.82, 2.24) is 0 Å². The van der Waals surface area contributed by atoms with Crippen LogP contribution in [0.5, 0.6) is 5.75 Å². The maximum Gasteiger partial charge on any atom is 0.122 e. The fourth-order valence-electron chi connectivity index (χ4n) is 1.50. The first-order valence-corrected chi connectivity index (χ1v) is 6.04. The molecule has 1 nitrogen and oxygen atoms in total. The van der Waals surface area contributed by atoms with Crippen molar-refractivity contribution in [2.75, 3.05) is 12.4 Å². The van der Waals surface area contributed by atoms with Gasteiger partial charge in [0.2, 0.25) is 0 Å². The molecule has 0 N–H and O–H groups in total. The number of hydrogen-bond acceptors (Lipinski definition) is 1. The SMILES string of the molecule is COc1ccc(CCBr)cc1C(C)C. The van der Waals surface area contributed by atoms with Crippen molar-refractivity contribution < 1.29 is 4.74 Å². The van der Waals surface area contributed by atoms with Crippen LogP contribution in [0.2, 0.25) is 0 Å². The first-order chi connectivity index (χ1) is 6.69. The van der Waals surface area contributed by atoms with Crippen LogP contribution in [0.1, 0.15) is 30.9 Å².